The molecule has 1 unspecified atom stereocenters. The molecule has 1 N–H and O–H groups in total. The van der Waals surface area contributed by atoms with E-state index >= 15 is 0 Å². The lowest BCUT2D eigenvalue weighted by Crippen LogP contribution is -2.34. The normalized spacial score (nSPS) is 16.9. The maximum Gasteiger partial charge on any atom is 0.242 e. The molecule has 0 radical (unpaired) electrons. The van der Waals surface area contributed by atoms with Crippen molar-refractivity contribution in [3.05, 3.63) is 59.4 Å². The number of Topliss-reactive ketones (excluding diaryl/α,β-unsaturated/α-hetero) is 1. The van der Waals surface area contributed by atoms with Gasteiger partial charge in [-0.2, -0.15) is 0 Å². The van der Waals surface area contributed by atoms with Crippen molar-refractivity contribution in [2.24, 2.45) is 0 Å². The lowest BCUT2D eigenvalue weighted by Gasteiger charge is -2.22. The highest BCUT2D eigenvalue weighted by atomic mass is 35.5. The van der Waals surface area contributed by atoms with Crippen LogP contribution in [0.3, 0.4) is 0 Å². The molecule has 0 spiro atoms. The van der Waals surface area contributed by atoms with Gasteiger partial charge in [-0.05, 0) is 30.3 Å². The first kappa shape index (κ1) is 14.9. The zero-order valence-electron chi connectivity index (χ0n) is 12.7. The Bertz CT molecular complexity index is 964. The summed E-state index contributed by atoms with van der Waals surface area (Å²) in [5.41, 5.74) is 2.30. The van der Waals surface area contributed by atoms with Crippen LogP contribution in [0.5, 0.6) is 0 Å². The summed E-state index contributed by atoms with van der Waals surface area (Å²) < 4.78 is 1.96. The van der Waals surface area contributed by atoms with Crippen LogP contribution in [0.25, 0.3) is 11.0 Å². The number of para-hydroxylation sites is 2. The van der Waals surface area contributed by atoms with Gasteiger partial charge in [0.1, 0.15) is 5.82 Å². The fourth-order valence-electron chi connectivity index (χ4n) is 3.10. The van der Waals surface area contributed by atoms with E-state index in [9.17, 15) is 9.59 Å². The fourth-order valence-corrected chi connectivity index (χ4v) is 3.29. The van der Waals surface area contributed by atoms with Gasteiger partial charge in [-0.15, -0.1) is 0 Å². The lowest BCUT2D eigenvalue weighted by molar-refractivity contribution is -0.128. The number of carbonyl (C=O) groups excluding carboxylic acids is 2. The van der Waals surface area contributed by atoms with Gasteiger partial charge in [0.15, 0.2) is 11.7 Å². The summed E-state index contributed by atoms with van der Waals surface area (Å²) in [6, 6.07) is 14.5. The van der Waals surface area contributed by atoms with Crippen molar-refractivity contribution in [3.63, 3.8) is 0 Å². The Kier molecular flexibility index (Phi) is 3.58. The van der Waals surface area contributed by atoms with E-state index in [1.807, 2.05) is 28.8 Å². The topological polar surface area (TPSA) is 64.0 Å². The summed E-state index contributed by atoms with van der Waals surface area (Å²) in [7, 11) is 0. The van der Waals surface area contributed by atoms with Crippen LogP contribution in [-0.2, 0) is 16.1 Å². The van der Waals surface area contributed by atoms with Gasteiger partial charge in [0, 0.05) is 23.7 Å². The van der Waals surface area contributed by atoms with Crippen molar-refractivity contribution in [2.75, 3.05) is 5.32 Å². The number of benzene rings is 2. The highest BCUT2D eigenvalue weighted by molar-refractivity contribution is 6.31. The molecule has 5 nitrogen and oxygen atoms in total. The third kappa shape index (κ3) is 2.47. The third-order valence-electron chi connectivity index (χ3n) is 4.20. The van der Waals surface area contributed by atoms with Crippen LogP contribution in [0.2, 0.25) is 5.02 Å². The molecule has 1 aromatic heterocycles. The molecule has 4 rings (SSSR count). The number of imidazole rings is 1. The van der Waals surface area contributed by atoms with Crippen molar-refractivity contribution in [2.45, 2.75) is 18.9 Å². The van der Waals surface area contributed by atoms with Crippen LogP contribution in [0.1, 0.15) is 18.2 Å². The Morgan fingerprint density at radius 2 is 2.04 bits per heavy atom. The predicted octanol–water partition coefficient (Wildman–Crippen LogP) is 3.38. The molecule has 1 aliphatic heterocycles. The molecule has 1 aliphatic rings. The number of ketones is 1. The summed E-state index contributed by atoms with van der Waals surface area (Å²) in [5.74, 6) is -0.882. The minimum absolute atomic E-state index is 0.114. The number of fused-ring (bicyclic) bond motifs is 3. The number of amides is 1. The molecule has 2 heterocycles. The van der Waals surface area contributed by atoms with Crippen LogP contribution in [-0.4, -0.2) is 21.2 Å². The van der Waals surface area contributed by atoms with Gasteiger partial charge in [-0.25, -0.2) is 4.98 Å². The van der Waals surface area contributed by atoms with Crippen molar-refractivity contribution in [1.82, 2.24) is 9.55 Å². The maximum atomic E-state index is 12.7. The van der Waals surface area contributed by atoms with E-state index < -0.39 is 5.92 Å². The monoisotopic (exact) mass is 339 g/mol. The number of aromatic nitrogens is 2. The molecular weight excluding hydrogens is 326 g/mol. The Balaban J connectivity index is 1.72. The SMILES string of the molecule is O=C1CCn2c(nc3ccccc32)C1C(=O)Nc1cccc(Cl)c1. The minimum Gasteiger partial charge on any atom is -0.326 e. The Morgan fingerprint density at radius 3 is 2.88 bits per heavy atom. The number of hydrogen-bond donors (Lipinski definition) is 1. The van der Waals surface area contributed by atoms with Crippen LogP contribution >= 0.6 is 11.6 Å². The van der Waals surface area contributed by atoms with Crippen LogP contribution < -0.4 is 5.32 Å². The van der Waals surface area contributed by atoms with Gasteiger partial charge in [-0.3, -0.25) is 9.59 Å². The van der Waals surface area contributed by atoms with E-state index in [0.717, 1.165) is 11.0 Å². The summed E-state index contributed by atoms with van der Waals surface area (Å²) in [4.78, 5) is 29.6. The van der Waals surface area contributed by atoms with Gasteiger partial charge in [0.25, 0.3) is 0 Å². The summed E-state index contributed by atoms with van der Waals surface area (Å²) in [5, 5.41) is 3.29. The molecule has 120 valence electrons. The van der Waals surface area contributed by atoms with Crippen molar-refractivity contribution >= 4 is 40.0 Å². The smallest absolute Gasteiger partial charge is 0.242 e. The Morgan fingerprint density at radius 1 is 1.21 bits per heavy atom. The number of anilines is 1. The molecule has 6 heteroatoms. The zero-order chi connectivity index (χ0) is 16.7. The Labute approximate surface area is 143 Å². The van der Waals surface area contributed by atoms with Crippen molar-refractivity contribution < 1.29 is 9.59 Å². The first-order valence-corrected chi connectivity index (χ1v) is 8.05. The summed E-state index contributed by atoms with van der Waals surface area (Å²) >= 11 is 5.94. The second-order valence-electron chi connectivity index (χ2n) is 5.76. The number of halogens is 1. The van der Waals surface area contributed by atoms with E-state index in [2.05, 4.69) is 10.3 Å². The molecule has 2 aromatic carbocycles. The van der Waals surface area contributed by atoms with Gasteiger partial charge in [0.2, 0.25) is 5.91 Å². The molecule has 0 saturated carbocycles. The largest absolute Gasteiger partial charge is 0.326 e. The standard InChI is InChI=1S/C18H14ClN3O2/c19-11-4-3-5-12(10-11)20-18(24)16-15(23)8-9-22-14-7-2-1-6-13(14)21-17(16)22/h1-7,10,16H,8-9H2,(H,20,24). The fraction of sp³-hybridized carbons (Fsp3) is 0.167. The number of aryl methyl sites for hydroxylation is 1. The summed E-state index contributed by atoms with van der Waals surface area (Å²) in [6.07, 6.45) is 0.320. The van der Waals surface area contributed by atoms with E-state index in [-0.39, 0.29) is 11.7 Å². The van der Waals surface area contributed by atoms with E-state index in [4.69, 9.17) is 11.6 Å². The molecule has 0 bridgehead atoms. The van der Waals surface area contributed by atoms with Crippen LogP contribution in [0, 0.1) is 0 Å². The van der Waals surface area contributed by atoms with Gasteiger partial charge >= 0.3 is 0 Å². The first-order chi connectivity index (χ1) is 11.6. The number of carbonyl (C=O) groups is 2. The quantitative estimate of drug-likeness (QED) is 0.728. The molecule has 0 aliphatic carbocycles. The van der Waals surface area contributed by atoms with Gasteiger partial charge in [0.05, 0.1) is 11.0 Å². The maximum absolute atomic E-state index is 12.7. The van der Waals surface area contributed by atoms with Gasteiger partial charge in [-0.1, -0.05) is 29.8 Å². The number of rotatable bonds is 2. The second kappa shape index (κ2) is 5.76. The molecule has 0 fully saturated rings. The molecule has 1 atom stereocenters. The predicted molar refractivity (Wildman–Crippen MR) is 92.2 cm³/mol. The highest BCUT2D eigenvalue weighted by Crippen LogP contribution is 2.29. The highest BCUT2D eigenvalue weighted by Gasteiger charge is 2.36. The van der Waals surface area contributed by atoms with Crippen LogP contribution in [0.4, 0.5) is 5.69 Å². The van der Waals surface area contributed by atoms with Crippen LogP contribution in [0.15, 0.2) is 48.5 Å². The second-order valence-corrected chi connectivity index (χ2v) is 6.20. The number of nitrogens with zero attached hydrogens (tertiary/aromatic N) is 2. The molecule has 3 aromatic rings. The zero-order valence-corrected chi connectivity index (χ0v) is 13.5. The van der Waals surface area contributed by atoms with E-state index in [1.165, 1.54) is 0 Å². The minimum atomic E-state index is -0.898. The molecule has 1 amide bonds. The van der Waals surface area contributed by atoms with Crippen molar-refractivity contribution in [3.8, 4) is 0 Å². The number of hydrogen-bond acceptors (Lipinski definition) is 3. The Hall–Kier alpha value is -2.66. The van der Waals surface area contributed by atoms with E-state index in [1.54, 1.807) is 24.3 Å². The first-order valence-electron chi connectivity index (χ1n) is 7.68. The molecular formula is C18H14ClN3O2. The molecule has 0 saturated heterocycles. The number of nitrogens with one attached hydrogen (secondary N) is 1. The summed E-state index contributed by atoms with van der Waals surface area (Å²) in [6.45, 7) is 0.551. The third-order valence-corrected chi connectivity index (χ3v) is 4.44. The average molecular weight is 340 g/mol. The van der Waals surface area contributed by atoms with E-state index in [0.29, 0.717) is 29.5 Å². The van der Waals surface area contributed by atoms with Crippen molar-refractivity contribution in [1.29, 1.82) is 0 Å². The van der Waals surface area contributed by atoms with Gasteiger partial charge < -0.3 is 9.88 Å². The average Bonchev–Trinajstić information content (AvgIpc) is 2.92. The molecule has 24 heavy (non-hydrogen) atoms. The lowest BCUT2D eigenvalue weighted by atomic mass is 9.96.